The SMILES string of the molecule is CC1CC(CCS)C1. The van der Waals surface area contributed by atoms with Gasteiger partial charge in [-0.25, -0.2) is 0 Å². The molecule has 1 saturated carbocycles. The minimum Gasteiger partial charge on any atom is -0.179 e. The van der Waals surface area contributed by atoms with Gasteiger partial charge in [0.1, 0.15) is 0 Å². The van der Waals surface area contributed by atoms with Gasteiger partial charge in [0.25, 0.3) is 0 Å². The second-order valence-electron chi connectivity index (χ2n) is 2.95. The van der Waals surface area contributed by atoms with Gasteiger partial charge in [0, 0.05) is 0 Å². The quantitative estimate of drug-likeness (QED) is 0.545. The van der Waals surface area contributed by atoms with Crippen molar-refractivity contribution in [2.75, 3.05) is 5.75 Å². The van der Waals surface area contributed by atoms with Crippen molar-refractivity contribution in [2.45, 2.75) is 26.2 Å². The number of rotatable bonds is 2. The Balaban J connectivity index is 1.98. The van der Waals surface area contributed by atoms with Gasteiger partial charge in [-0.1, -0.05) is 6.92 Å². The minimum absolute atomic E-state index is 1.01. The molecule has 1 rings (SSSR count). The summed E-state index contributed by atoms with van der Waals surface area (Å²) in [5.74, 6) is 3.12. The van der Waals surface area contributed by atoms with E-state index < -0.39 is 0 Å². The number of thiol groups is 1. The summed E-state index contributed by atoms with van der Waals surface area (Å²) in [6, 6.07) is 0. The zero-order valence-corrected chi connectivity index (χ0v) is 6.32. The fourth-order valence-electron chi connectivity index (χ4n) is 1.49. The van der Waals surface area contributed by atoms with Crippen LogP contribution in [0.3, 0.4) is 0 Å². The Kier molecular flexibility index (Phi) is 2.24. The van der Waals surface area contributed by atoms with Crippen LogP contribution in [0.15, 0.2) is 0 Å². The first-order valence-corrected chi connectivity index (χ1v) is 4.07. The van der Waals surface area contributed by atoms with E-state index in [0.29, 0.717) is 0 Å². The van der Waals surface area contributed by atoms with Gasteiger partial charge < -0.3 is 0 Å². The normalized spacial score (nSPS) is 36.8. The highest BCUT2D eigenvalue weighted by Gasteiger charge is 2.23. The molecule has 0 bridgehead atoms. The second-order valence-corrected chi connectivity index (χ2v) is 3.40. The van der Waals surface area contributed by atoms with E-state index in [4.69, 9.17) is 0 Å². The summed E-state index contributed by atoms with van der Waals surface area (Å²) < 4.78 is 0. The molecule has 0 N–H and O–H groups in total. The standard InChI is InChI=1S/C7H14S/c1-6-4-7(5-6)2-3-8/h6-8H,2-5H2,1H3. The summed E-state index contributed by atoms with van der Waals surface area (Å²) in [4.78, 5) is 0. The Labute approximate surface area is 57.1 Å². The molecular weight excluding hydrogens is 116 g/mol. The predicted molar refractivity (Wildman–Crippen MR) is 40.4 cm³/mol. The number of hydrogen-bond acceptors (Lipinski definition) is 1. The first-order valence-electron chi connectivity index (χ1n) is 3.43. The van der Waals surface area contributed by atoms with E-state index in [1.54, 1.807) is 0 Å². The van der Waals surface area contributed by atoms with Crippen LogP contribution in [0, 0.1) is 11.8 Å². The molecule has 0 unspecified atom stereocenters. The Bertz CT molecular complexity index is 62.0. The third kappa shape index (κ3) is 1.41. The molecule has 0 radical (unpaired) electrons. The maximum Gasteiger partial charge on any atom is -0.00953 e. The van der Waals surface area contributed by atoms with Crippen LogP contribution in [0.2, 0.25) is 0 Å². The van der Waals surface area contributed by atoms with Crippen LogP contribution in [0.4, 0.5) is 0 Å². The molecule has 0 aromatic carbocycles. The molecule has 1 aliphatic carbocycles. The predicted octanol–water partition coefficient (Wildman–Crippen LogP) is 2.35. The zero-order valence-electron chi connectivity index (χ0n) is 5.43. The third-order valence-electron chi connectivity index (χ3n) is 2.01. The maximum absolute atomic E-state index is 4.18. The fraction of sp³-hybridized carbons (Fsp3) is 1.00. The Morgan fingerprint density at radius 1 is 1.50 bits per heavy atom. The molecule has 0 nitrogen and oxygen atoms in total. The summed E-state index contributed by atoms with van der Waals surface area (Å²) in [5.41, 5.74) is 0. The third-order valence-corrected chi connectivity index (χ3v) is 2.27. The van der Waals surface area contributed by atoms with Crippen molar-refractivity contribution in [3.8, 4) is 0 Å². The van der Waals surface area contributed by atoms with Gasteiger partial charge in [0.15, 0.2) is 0 Å². The molecular formula is C7H14S. The monoisotopic (exact) mass is 130 g/mol. The molecule has 1 heteroatoms. The van der Waals surface area contributed by atoms with Crippen molar-refractivity contribution in [1.82, 2.24) is 0 Å². The van der Waals surface area contributed by atoms with E-state index in [9.17, 15) is 0 Å². The summed E-state index contributed by atoms with van der Waals surface area (Å²) in [7, 11) is 0. The average molecular weight is 130 g/mol. The first-order chi connectivity index (χ1) is 3.83. The highest BCUT2D eigenvalue weighted by Crippen LogP contribution is 2.35. The summed E-state index contributed by atoms with van der Waals surface area (Å²) in [5, 5.41) is 0. The highest BCUT2D eigenvalue weighted by atomic mass is 32.1. The topological polar surface area (TPSA) is 0 Å². The van der Waals surface area contributed by atoms with Crippen molar-refractivity contribution >= 4 is 12.6 Å². The van der Waals surface area contributed by atoms with Crippen LogP contribution >= 0.6 is 12.6 Å². The van der Waals surface area contributed by atoms with Gasteiger partial charge in [0.2, 0.25) is 0 Å². The van der Waals surface area contributed by atoms with Crippen LogP contribution in [0.5, 0.6) is 0 Å². The molecule has 48 valence electrons. The fourth-order valence-corrected chi connectivity index (χ4v) is 1.85. The molecule has 0 aliphatic heterocycles. The molecule has 0 atom stereocenters. The van der Waals surface area contributed by atoms with Gasteiger partial charge in [0.05, 0.1) is 0 Å². The minimum atomic E-state index is 1.01. The van der Waals surface area contributed by atoms with E-state index in [1.165, 1.54) is 19.3 Å². The number of hydrogen-bond donors (Lipinski definition) is 1. The lowest BCUT2D eigenvalue weighted by molar-refractivity contribution is 0.208. The summed E-state index contributed by atoms with van der Waals surface area (Å²) >= 11 is 4.18. The smallest absolute Gasteiger partial charge is 0.00953 e. The highest BCUT2D eigenvalue weighted by molar-refractivity contribution is 7.80. The molecule has 0 heterocycles. The van der Waals surface area contributed by atoms with E-state index in [2.05, 4.69) is 19.6 Å². The Morgan fingerprint density at radius 2 is 2.12 bits per heavy atom. The van der Waals surface area contributed by atoms with E-state index in [1.807, 2.05) is 0 Å². The molecule has 0 amide bonds. The van der Waals surface area contributed by atoms with E-state index in [-0.39, 0.29) is 0 Å². The average Bonchev–Trinajstić information content (AvgIpc) is 1.64. The van der Waals surface area contributed by atoms with Crippen molar-refractivity contribution in [3.05, 3.63) is 0 Å². The second kappa shape index (κ2) is 2.77. The molecule has 1 aliphatic rings. The van der Waals surface area contributed by atoms with Gasteiger partial charge >= 0.3 is 0 Å². The Hall–Kier alpha value is 0.350. The van der Waals surface area contributed by atoms with Crippen LogP contribution in [0.25, 0.3) is 0 Å². The largest absolute Gasteiger partial charge is 0.179 e. The van der Waals surface area contributed by atoms with Crippen molar-refractivity contribution in [3.63, 3.8) is 0 Å². The van der Waals surface area contributed by atoms with Crippen LogP contribution < -0.4 is 0 Å². The molecule has 1 fully saturated rings. The molecule has 0 aromatic heterocycles. The van der Waals surface area contributed by atoms with Crippen LogP contribution in [0.1, 0.15) is 26.2 Å². The van der Waals surface area contributed by atoms with Gasteiger partial charge in [-0.05, 0) is 36.9 Å². The van der Waals surface area contributed by atoms with Crippen LogP contribution in [-0.2, 0) is 0 Å². The maximum atomic E-state index is 4.18. The van der Waals surface area contributed by atoms with Crippen LogP contribution in [-0.4, -0.2) is 5.75 Å². The summed E-state index contributed by atoms with van der Waals surface area (Å²) in [6.07, 6.45) is 4.26. The Morgan fingerprint density at radius 3 is 2.50 bits per heavy atom. The van der Waals surface area contributed by atoms with Crippen molar-refractivity contribution in [2.24, 2.45) is 11.8 Å². The molecule has 0 spiro atoms. The first kappa shape index (κ1) is 6.47. The molecule has 8 heavy (non-hydrogen) atoms. The molecule has 0 saturated heterocycles. The van der Waals surface area contributed by atoms with Gasteiger partial charge in [-0.3, -0.25) is 0 Å². The van der Waals surface area contributed by atoms with Gasteiger partial charge in [-0.15, -0.1) is 0 Å². The molecule has 0 aromatic rings. The lowest BCUT2D eigenvalue weighted by Crippen LogP contribution is -2.20. The van der Waals surface area contributed by atoms with Gasteiger partial charge in [-0.2, -0.15) is 12.6 Å². The van der Waals surface area contributed by atoms with E-state index in [0.717, 1.165) is 17.6 Å². The lowest BCUT2D eigenvalue weighted by Gasteiger charge is -2.32. The lowest BCUT2D eigenvalue weighted by atomic mass is 9.75. The zero-order chi connectivity index (χ0) is 5.98. The van der Waals surface area contributed by atoms with Crippen molar-refractivity contribution < 1.29 is 0 Å². The van der Waals surface area contributed by atoms with Crippen molar-refractivity contribution in [1.29, 1.82) is 0 Å². The summed E-state index contributed by atoms with van der Waals surface area (Å²) in [6.45, 7) is 2.33. The van der Waals surface area contributed by atoms with E-state index >= 15 is 0 Å².